The lowest BCUT2D eigenvalue weighted by molar-refractivity contribution is 0.169. The molecule has 1 atom stereocenters. The fourth-order valence-corrected chi connectivity index (χ4v) is 2.36. The van der Waals surface area contributed by atoms with Gasteiger partial charge in [-0.1, -0.05) is 29.3 Å². The van der Waals surface area contributed by atoms with E-state index < -0.39 is 16.3 Å². The maximum absolute atomic E-state index is 10.6. The summed E-state index contributed by atoms with van der Waals surface area (Å²) in [5, 5.41) is 15.2. The van der Waals surface area contributed by atoms with Gasteiger partial charge < -0.3 is 5.11 Å². The normalized spacial score (nSPS) is 13.6. The minimum atomic E-state index is -3.75. The summed E-state index contributed by atoms with van der Waals surface area (Å²) >= 11 is 11.8. The minimum Gasteiger partial charge on any atom is -0.388 e. The van der Waals surface area contributed by atoms with Crippen molar-refractivity contribution in [3.63, 3.8) is 0 Å². The molecule has 0 fully saturated rings. The van der Waals surface area contributed by atoms with Crippen molar-refractivity contribution in [1.29, 1.82) is 0 Å². The number of halogens is 2. The fourth-order valence-electron chi connectivity index (χ4n) is 1.31. The lowest BCUT2D eigenvalue weighted by Gasteiger charge is -2.14. The monoisotopic (exact) mass is 298 g/mol. The second-order valence-corrected chi connectivity index (χ2v) is 5.57. The first-order valence-corrected chi connectivity index (χ1v) is 7.01. The number of rotatable bonds is 5. The van der Waals surface area contributed by atoms with Gasteiger partial charge in [-0.15, -0.1) is 0 Å². The van der Waals surface area contributed by atoms with E-state index in [1.54, 1.807) is 18.2 Å². The lowest BCUT2D eigenvalue weighted by Crippen LogP contribution is -2.32. The van der Waals surface area contributed by atoms with Gasteiger partial charge in [-0.3, -0.25) is 0 Å². The van der Waals surface area contributed by atoms with Crippen molar-refractivity contribution in [2.45, 2.75) is 12.5 Å². The largest absolute Gasteiger partial charge is 0.388 e. The summed E-state index contributed by atoms with van der Waals surface area (Å²) in [7, 11) is -3.75. The van der Waals surface area contributed by atoms with Crippen molar-refractivity contribution >= 4 is 33.4 Å². The zero-order valence-corrected chi connectivity index (χ0v) is 11.1. The predicted octanol–water partition coefficient (Wildman–Crippen LogP) is 1.21. The van der Waals surface area contributed by atoms with E-state index >= 15 is 0 Å². The fraction of sp³-hybridized carbons (Fsp3) is 0.333. The van der Waals surface area contributed by atoms with Crippen LogP contribution in [0.1, 0.15) is 18.1 Å². The summed E-state index contributed by atoms with van der Waals surface area (Å²) in [4.78, 5) is 0. The van der Waals surface area contributed by atoms with Gasteiger partial charge in [0.2, 0.25) is 0 Å². The van der Waals surface area contributed by atoms with Crippen molar-refractivity contribution in [3.05, 3.63) is 33.8 Å². The SMILES string of the molecule is NS(=O)(=O)NCCC(O)c1c(Cl)cccc1Cl. The van der Waals surface area contributed by atoms with E-state index in [9.17, 15) is 13.5 Å². The summed E-state index contributed by atoms with van der Waals surface area (Å²) in [6.45, 7) is 0.00154. The van der Waals surface area contributed by atoms with Crippen molar-refractivity contribution in [2.75, 3.05) is 6.54 Å². The number of aliphatic hydroxyl groups is 1. The van der Waals surface area contributed by atoms with Crippen LogP contribution in [0.4, 0.5) is 0 Å². The smallest absolute Gasteiger partial charge is 0.274 e. The van der Waals surface area contributed by atoms with E-state index in [2.05, 4.69) is 4.72 Å². The third-order valence-electron chi connectivity index (χ3n) is 2.05. The lowest BCUT2D eigenvalue weighted by atomic mass is 10.1. The first-order chi connectivity index (χ1) is 7.81. The van der Waals surface area contributed by atoms with E-state index in [4.69, 9.17) is 28.3 Å². The van der Waals surface area contributed by atoms with Gasteiger partial charge in [0.05, 0.1) is 6.10 Å². The Morgan fingerprint density at radius 2 is 1.88 bits per heavy atom. The van der Waals surface area contributed by atoms with Gasteiger partial charge >= 0.3 is 0 Å². The molecule has 0 aromatic heterocycles. The van der Waals surface area contributed by atoms with Gasteiger partial charge in [0.25, 0.3) is 10.2 Å². The van der Waals surface area contributed by atoms with Crippen molar-refractivity contribution in [2.24, 2.45) is 5.14 Å². The number of nitrogens with one attached hydrogen (secondary N) is 1. The molecule has 0 saturated carbocycles. The molecule has 1 aromatic rings. The maximum atomic E-state index is 10.6. The molecular weight excluding hydrogens is 287 g/mol. The molecule has 0 aliphatic heterocycles. The molecule has 1 rings (SSSR count). The topological polar surface area (TPSA) is 92.4 Å². The Morgan fingerprint density at radius 1 is 1.35 bits per heavy atom. The Kier molecular flexibility index (Phi) is 5.18. The highest BCUT2D eigenvalue weighted by Crippen LogP contribution is 2.31. The first-order valence-electron chi connectivity index (χ1n) is 4.70. The third kappa shape index (κ3) is 4.79. The van der Waals surface area contributed by atoms with Gasteiger partial charge in [0.15, 0.2) is 0 Å². The van der Waals surface area contributed by atoms with Crippen molar-refractivity contribution in [3.8, 4) is 0 Å². The molecule has 0 aliphatic rings. The molecule has 4 N–H and O–H groups in total. The molecule has 17 heavy (non-hydrogen) atoms. The van der Waals surface area contributed by atoms with E-state index in [1.165, 1.54) is 0 Å². The Bertz CT molecular complexity index is 473. The van der Waals surface area contributed by atoms with E-state index in [1.807, 2.05) is 0 Å². The first kappa shape index (κ1) is 14.7. The Labute approximate surface area is 110 Å². The summed E-state index contributed by atoms with van der Waals surface area (Å²) in [6, 6.07) is 4.85. The summed E-state index contributed by atoms with van der Waals surface area (Å²) < 4.78 is 23.3. The number of hydrogen-bond acceptors (Lipinski definition) is 3. The second-order valence-electron chi connectivity index (χ2n) is 3.38. The van der Waals surface area contributed by atoms with E-state index in [0.29, 0.717) is 15.6 Å². The number of nitrogens with two attached hydrogens (primary N) is 1. The van der Waals surface area contributed by atoms with Gasteiger partial charge in [-0.25, -0.2) is 9.86 Å². The van der Waals surface area contributed by atoms with Crippen molar-refractivity contribution in [1.82, 2.24) is 4.72 Å². The number of aliphatic hydroxyl groups excluding tert-OH is 1. The van der Waals surface area contributed by atoms with E-state index in [-0.39, 0.29) is 13.0 Å². The summed E-state index contributed by atoms with van der Waals surface area (Å²) in [5.41, 5.74) is 0.382. The number of benzene rings is 1. The zero-order valence-electron chi connectivity index (χ0n) is 8.73. The molecule has 0 bridgehead atoms. The Morgan fingerprint density at radius 3 is 2.35 bits per heavy atom. The summed E-state index contributed by atoms with van der Waals surface area (Å²) in [5.74, 6) is 0. The molecular formula is C9H12Cl2N2O3S. The molecule has 0 saturated heterocycles. The average Bonchev–Trinajstić information content (AvgIpc) is 2.15. The van der Waals surface area contributed by atoms with Crippen LogP contribution < -0.4 is 9.86 Å². The molecule has 5 nitrogen and oxygen atoms in total. The summed E-state index contributed by atoms with van der Waals surface area (Å²) in [6.07, 6.45) is -0.828. The van der Waals surface area contributed by atoms with Crippen LogP contribution in [0.5, 0.6) is 0 Å². The molecule has 1 aromatic carbocycles. The van der Waals surface area contributed by atoms with Crippen LogP contribution in [-0.4, -0.2) is 20.1 Å². The van der Waals surface area contributed by atoms with Gasteiger partial charge in [-0.2, -0.15) is 8.42 Å². The number of hydrogen-bond donors (Lipinski definition) is 3. The van der Waals surface area contributed by atoms with Crippen molar-refractivity contribution < 1.29 is 13.5 Å². The molecule has 0 spiro atoms. The van der Waals surface area contributed by atoms with Crippen LogP contribution in [0.3, 0.4) is 0 Å². The zero-order chi connectivity index (χ0) is 13.1. The quantitative estimate of drug-likeness (QED) is 0.763. The minimum absolute atomic E-state index is 0.00154. The van der Waals surface area contributed by atoms with E-state index in [0.717, 1.165) is 0 Å². The second kappa shape index (κ2) is 5.99. The molecule has 0 amide bonds. The highest BCUT2D eigenvalue weighted by atomic mass is 35.5. The van der Waals surface area contributed by atoms with Crippen LogP contribution in [0, 0.1) is 0 Å². The predicted molar refractivity (Wildman–Crippen MR) is 67.1 cm³/mol. The van der Waals surface area contributed by atoms with Gasteiger partial charge in [0.1, 0.15) is 0 Å². The standard InChI is InChI=1S/C9H12Cl2N2O3S/c10-6-2-1-3-7(11)9(6)8(14)4-5-13-17(12,15)16/h1-3,8,13-14H,4-5H2,(H2,12,15,16). The van der Waals surface area contributed by atoms with Gasteiger partial charge in [-0.05, 0) is 18.6 Å². The third-order valence-corrected chi connectivity index (χ3v) is 3.32. The molecule has 0 heterocycles. The van der Waals surface area contributed by atoms with Crippen LogP contribution in [0.15, 0.2) is 18.2 Å². The Hall–Kier alpha value is -0.370. The molecule has 0 radical (unpaired) electrons. The molecule has 1 unspecified atom stereocenters. The van der Waals surface area contributed by atoms with Crippen LogP contribution in [0.25, 0.3) is 0 Å². The molecule has 96 valence electrons. The Balaban J connectivity index is 2.67. The molecule has 8 heteroatoms. The van der Waals surface area contributed by atoms with Crippen LogP contribution in [-0.2, 0) is 10.2 Å². The van der Waals surface area contributed by atoms with Crippen LogP contribution >= 0.6 is 23.2 Å². The maximum Gasteiger partial charge on any atom is 0.274 e. The van der Waals surface area contributed by atoms with Gasteiger partial charge in [0, 0.05) is 22.2 Å². The average molecular weight is 299 g/mol. The highest BCUT2D eigenvalue weighted by molar-refractivity contribution is 7.87. The van der Waals surface area contributed by atoms with Crippen LogP contribution in [0.2, 0.25) is 10.0 Å². The molecule has 0 aliphatic carbocycles. The highest BCUT2D eigenvalue weighted by Gasteiger charge is 2.15.